The van der Waals surface area contributed by atoms with Crippen molar-refractivity contribution < 1.29 is 9.90 Å². The van der Waals surface area contributed by atoms with Gasteiger partial charge in [0.2, 0.25) is 5.91 Å². The molecule has 1 aliphatic rings. The predicted octanol–water partition coefficient (Wildman–Crippen LogP) is 0.000900. The zero-order valence-electron chi connectivity index (χ0n) is 8.92. The highest BCUT2D eigenvalue weighted by molar-refractivity contribution is 5.82. The topological polar surface area (TPSA) is 75.4 Å². The van der Waals surface area contributed by atoms with E-state index in [9.17, 15) is 4.79 Å². The Kier molecular flexibility index (Phi) is 3.50. The van der Waals surface area contributed by atoms with Crippen LogP contribution in [0.5, 0.6) is 0 Å². The highest BCUT2D eigenvalue weighted by Crippen LogP contribution is 2.31. The van der Waals surface area contributed by atoms with Gasteiger partial charge in [0.25, 0.3) is 0 Å². The SMILES string of the molecule is CC(C)C(N)C(=O)NC1(CO)CCC1. The van der Waals surface area contributed by atoms with Gasteiger partial charge in [-0.1, -0.05) is 13.8 Å². The fourth-order valence-electron chi connectivity index (χ4n) is 1.57. The van der Waals surface area contributed by atoms with E-state index in [2.05, 4.69) is 5.32 Å². The van der Waals surface area contributed by atoms with Crippen LogP contribution in [0.25, 0.3) is 0 Å². The van der Waals surface area contributed by atoms with Gasteiger partial charge in [-0.05, 0) is 25.2 Å². The Bertz CT molecular complexity index is 207. The summed E-state index contributed by atoms with van der Waals surface area (Å²) in [5.41, 5.74) is 5.34. The van der Waals surface area contributed by atoms with E-state index >= 15 is 0 Å². The van der Waals surface area contributed by atoms with E-state index in [0.717, 1.165) is 19.3 Å². The number of carbonyl (C=O) groups is 1. The molecule has 4 nitrogen and oxygen atoms in total. The number of hydrogen-bond donors (Lipinski definition) is 3. The summed E-state index contributed by atoms with van der Waals surface area (Å²) in [6.45, 7) is 3.84. The molecule has 82 valence electrons. The third-order valence-electron chi connectivity index (χ3n) is 3.02. The molecule has 0 saturated heterocycles. The Balaban J connectivity index is 2.47. The maximum Gasteiger partial charge on any atom is 0.237 e. The second-order valence-electron chi connectivity index (χ2n) is 4.55. The van der Waals surface area contributed by atoms with Crippen molar-refractivity contribution >= 4 is 5.91 Å². The normalized spacial score (nSPS) is 21.5. The van der Waals surface area contributed by atoms with E-state index in [1.165, 1.54) is 0 Å². The number of aliphatic hydroxyl groups excluding tert-OH is 1. The van der Waals surface area contributed by atoms with Gasteiger partial charge >= 0.3 is 0 Å². The molecule has 0 heterocycles. The molecule has 0 aromatic rings. The van der Waals surface area contributed by atoms with Crippen LogP contribution in [-0.2, 0) is 4.79 Å². The first kappa shape index (κ1) is 11.5. The average molecular weight is 200 g/mol. The third-order valence-corrected chi connectivity index (χ3v) is 3.02. The molecule has 1 saturated carbocycles. The molecule has 1 atom stereocenters. The lowest BCUT2D eigenvalue weighted by atomic mass is 9.77. The summed E-state index contributed by atoms with van der Waals surface area (Å²) in [6.07, 6.45) is 2.79. The van der Waals surface area contributed by atoms with E-state index in [0.29, 0.717) is 0 Å². The molecule has 14 heavy (non-hydrogen) atoms. The molecule has 0 aromatic carbocycles. The van der Waals surface area contributed by atoms with E-state index in [1.54, 1.807) is 0 Å². The maximum absolute atomic E-state index is 11.6. The molecule has 0 bridgehead atoms. The monoisotopic (exact) mass is 200 g/mol. The van der Waals surface area contributed by atoms with Crippen molar-refractivity contribution in [2.75, 3.05) is 6.61 Å². The van der Waals surface area contributed by atoms with Crippen molar-refractivity contribution in [3.63, 3.8) is 0 Å². The molecule has 1 aliphatic carbocycles. The number of amides is 1. The van der Waals surface area contributed by atoms with Gasteiger partial charge in [0.15, 0.2) is 0 Å². The van der Waals surface area contributed by atoms with Gasteiger partial charge in [-0.2, -0.15) is 0 Å². The average Bonchev–Trinajstić information content (AvgIpc) is 2.09. The number of nitrogens with one attached hydrogen (secondary N) is 1. The van der Waals surface area contributed by atoms with Gasteiger partial charge in [0.05, 0.1) is 18.2 Å². The molecule has 1 rings (SSSR count). The number of aliphatic hydroxyl groups is 1. The molecule has 0 radical (unpaired) electrons. The van der Waals surface area contributed by atoms with Crippen LogP contribution in [0.1, 0.15) is 33.1 Å². The molecule has 1 fully saturated rings. The maximum atomic E-state index is 11.6. The highest BCUT2D eigenvalue weighted by atomic mass is 16.3. The molecule has 0 aromatic heterocycles. The van der Waals surface area contributed by atoms with Crippen LogP contribution in [-0.4, -0.2) is 29.2 Å². The van der Waals surface area contributed by atoms with Crippen molar-refractivity contribution in [3.8, 4) is 0 Å². The molecule has 4 N–H and O–H groups in total. The summed E-state index contributed by atoms with van der Waals surface area (Å²) in [5, 5.41) is 12.0. The quantitative estimate of drug-likeness (QED) is 0.598. The van der Waals surface area contributed by atoms with Crippen molar-refractivity contribution in [1.29, 1.82) is 0 Å². The zero-order valence-corrected chi connectivity index (χ0v) is 8.92. The number of nitrogens with two attached hydrogens (primary N) is 1. The minimum Gasteiger partial charge on any atom is -0.394 e. The van der Waals surface area contributed by atoms with Crippen LogP contribution < -0.4 is 11.1 Å². The number of rotatable bonds is 4. The first-order valence-corrected chi connectivity index (χ1v) is 5.19. The Morgan fingerprint density at radius 3 is 2.43 bits per heavy atom. The Labute approximate surface area is 84.9 Å². The van der Waals surface area contributed by atoms with Crippen molar-refractivity contribution in [1.82, 2.24) is 5.32 Å². The Morgan fingerprint density at radius 1 is 1.57 bits per heavy atom. The lowest BCUT2D eigenvalue weighted by Crippen LogP contribution is -2.60. The molecular formula is C10H20N2O2. The zero-order chi connectivity index (χ0) is 10.8. The van der Waals surface area contributed by atoms with E-state index in [-0.39, 0.29) is 24.0 Å². The van der Waals surface area contributed by atoms with Crippen LogP contribution in [0.15, 0.2) is 0 Å². The van der Waals surface area contributed by atoms with Crippen molar-refractivity contribution in [2.24, 2.45) is 11.7 Å². The lowest BCUT2D eigenvalue weighted by Gasteiger charge is -2.41. The summed E-state index contributed by atoms with van der Waals surface area (Å²) in [6, 6.07) is -0.473. The minimum atomic E-state index is -0.473. The second kappa shape index (κ2) is 4.28. The second-order valence-corrected chi connectivity index (χ2v) is 4.55. The summed E-state index contributed by atoms with van der Waals surface area (Å²) in [5.74, 6) is -0.0143. The smallest absolute Gasteiger partial charge is 0.237 e. The molecule has 1 amide bonds. The summed E-state index contributed by atoms with van der Waals surface area (Å²) < 4.78 is 0. The van der Waals surface area contributed by atoms with Crippen LogP contribution in [0, 0.1) is 5.92 Å². The first-order valence-electron chi connectivity index (χ1n) is 5.19. The number of hydrogen-bond acceptors (Lipinski definition) is 3. The van der Waals surface area contributed by atoms with Gasteiger partial charge in [-0.15, -0.1) is 0 Å². The molecule has 1 unspecified atom stereocenters. The van der Waals surface area contributed by atoms with Gasteiger partial charge < -0.3 is 16.2 Å². The minimum absolute atomic E-state index is 0.0174. The molecule has 0 spiro atoms. The molecular weight excluding hydrogens is 180 g/mol. The highest BCUT2D eigenvalue weighted by Gasteiger charge is 2.38. The van der Waals surface area contributed by atoms with E-state index in [1.807, 2.05) is 13.8 Å². The van der Waals surface area contributed by atoms with Gasteiger partial charge in [0, 0.05) is 0 Å². The van der Waals surface area contributed by atoms with Crippen LogP contribution in [0.4, 0.5) is 0 Å². The molecule has 4 heteroatoms. The largest absolute Gasteiger partial charge is 0.394 e. The Hall–Kier alpha value is -0.610. The van der Waals surface area contributed by atoms with Gasteiger partial charge in [-0.3, -0.25) is 4.79 Å². The Morgan fingerprint density at radius 2 is 2.14 bits per heavy atom. The fraction of sp³-hybridized carbons (Fsp3) is 0.900. The van der Waals surface area contributed by atoms with Crippen molar-refractivity contribution in [3.05, 3.63) is 0 Å². The summed E-state index contributed by atoms with van der Waals surface area (Å²) in [4.78, 5) is 11.6. The third kappa shape index (κ3) is 2.25. The van der Waals surface area contributed by atoms with Crippen LogP contribution >= 0.6 is 0 Å². The predicted molar refractivity (Wildman–Crippen MR) is 54.6 cm³/mol. The fourth-order valence-corrected chi connectivity index (χ4v) is 1.57. The van der Waals surface area contributed by atoms with E-state index in [4.69, 9.17) is 10.8 Å². The first-order chi connectivity index (χ1) is 6.51. The van der Waals surface area contributed by atoms with Gasteiger partial charge in [-0.25, -0.2) is 0 Å². The van der Waals surface area contributed by atoms with Gasteiger partial charge in [0.1, 0.15) is 0 Å². The standard InChI is InChI=1S/C10H20N2O2/c1-7(2)8(11)9(14)12-10(6-13)4-3-5-10/h7-8,13H,3-6,11H2,1-2H3,(H,12,14). The summed E-state index contributed by atoms with van der Waals surface area (Å²) >= 11 is 0. The van der Waals surface area contributed by atoms with E-state index < -0.39 is 6.04 Å². The lowest BCUT2D eigenvalue weighted by molar-refractivity contribution is -0.127. The summed E-state index contributed by atoms with van der Waals surface area (Å²) in [7, 11) is 0. The van der Waals surface area contributed by atoms with Crippen molar-refractivity contribution in [2.45, 2.75) is 44.7 Å². The molecule has 0 aliphatic heterocycles. The number of carbonyl (C=O) groups excluding carboxylic acids is 1. The van der Waals surface area contributed by atoms with Crippen LogP contribution in [0.3, 0.4) is 0 Å². The van der Waals surface area contributed by atoms with Crippen LogP contribution in [0.2, 0.25) is 0 Å².